The monoisotopic (exact) mass is 1020 g/mol. The Morgan fingerprint density at radius 1 is 0.721 bits per heavy atom. The molecule has 4 amide bonds. The quantitative estimate of drug-likeness (QED) is 0.0353. The van der Waals surface area contributed by atoms with Crippen LogP contribution in [0.15, 0.2) is 101 Å². The van der Waals surface area contributed by atoms with Crippen LogP contribution in [-0.4, -0.2) is 52.6 Å². The normalized spacial score (nSPS) is 17.1. The Labute approximate surface area is 382 Å². The largest absolute Gasteiger partial charge is 0.416 e. The molecule has 370 valence electrons. The molecule has 0 unspecified atom stereocenters. The summed E-state index contributed by atoms with van der Waals surface area (Å²) in [6, 6.07) is 17.6. The lowest BCUT2D eigenvalue weighted by Crippen LogP contribution is -2.53. The highest BCUT2D eigenvalue weighted by Gasteiger charge is 2.49. The van der Waals surface area contributed by atoms with Crippen LogP contribution in [0, 0.1) is 0 Å². The summed E-state index contributed by atoms with van der Waals surface area (Å²) in [6.45, 7) is 1.54. The van der Waals surface area contributed by atoms with Gasteiger partial charge in [-0.25, -0.2) is 9.59 Å². The third-order valence-corrected chi connectivity index (χ3v) is 10.0. The Morgan fingerprint density at radius 3 is 1.44 bits per heavy atom. The number of amides is 4. The van der Waals surface area contributed by atoms with Crippen molar-refractivity contribution in [1.82, 2.24) is 16.0 Å². The summed E-state index contributed by atoms with van der Waals surface area (Å²) < 4.78 is 189. The van der Waals surface area contributed by atoms with E-state index < -0.39 is 111 Å². The van der Waals surface area contributed by atoms with Crippen LogP contribution in [0.5, 0.6) is 0 Å². The fourth-order valence-electron chi connectivity index (χ4n) is 6.01. The minimum absolute atomic E-state index is 0.0202. The first-order chi connectivity index (χ1) is 31.2. The number of nitrogens with one attached hydrogen (secondary N) is 3. The zero-order valence-corrected chi connectivity index (χ0v) is 36.5. The molecule has 5 rings (SSSR count). The maximum atomic E-state index is 13.1. The van der Waals surface area contributed by atoms with E-state index in [9.17, 15) is 75.5 Å². The summed E-state index contributed by atoms with van der Waals surface area (Å²) >= 11 is 0. The average Bonchev–Trinajstić information content (AvgIpc) is 3.55. The van der Waals surface area contributed by atoms with Gasteiger partial charge in [0.05, 0.1) is 47.7 Å². The van der Waals surface area contributed by atoms with Crippen molar-refractivity contribution in [3.63, 3.8) is 0 Å². The van der Waals surface area contributed by atoms with Gasteiger partial charge in [0.2, 0.25) is 5.91 Å². The molecule has 27 heteroatoms. The van der Waals surface area contributed by atoms with Gasteiger partial charge < -0.3 is 25.8 Å². The molecule has 0 bridgehead atoms. The fourth-order valence-corrected chi connectivity index (χ4v) is 6.19. The summed E-state index contributed by atoms with van der Waals surface area (Å²) in [5.41, 5.74) is -3.03. The maximum absolute atomic E-state index is 13.1. The molecular formula is C41H36ClF12N5O8S. The van der Waals surface area contributed by atoms with Crippen molar-refractivity contribution in [2.24, 2.45) is 10.1 Å². The number of nitrogens with two attached hydrogens (primary N) is 1. The number of hydrogen-bond donors (Lipinski definition) is 4. The van der Waals surface area contributed by atoms with Crippen LogP contribution in [0.4, 0.5) is 57.5 Å². The molecule has 0 aliphatic carbocycles. The SMILES string of the molecule is CNC(=O)[C@@](N)(CO[C@H](C)c1cc(C(F)(F)F)cc(C(F)(F)F)c1)c1ccccc1.C[C@@H](OC[C@]1(c2ccccc2)NC(=O)NC1=O)c1cc(C(F)(F)F)cc(C(F)(F)F)c1.O=C=NS(=O)(=O)Cl. The third-order valence-electron chi connectivity index (χ3n) is 9.55. The van der Waals surface area contributed by atoms with E-state index in [1.54, 1.807) is 48.5 Å². The fraction of sp³-hybridized carbons (Fsp3) is 0.317. The summed E-state index contributed by atoms with van der Waals surface area (Å²) in [4.78, 5) is 45.6. The van der Waals surface area contributed by atoms with Crippen LogP contribution in [0.25, 0.3) is 0 Å². The predicted octanol–water partition coefficient (Wildman–Crippen LogP) is 8.74. The highest BCUT2D eigenvalue weighted by molar-refractivity contribution is 8.12. The number of urea groups is 1. The number of nitrogens with zero attached hydrogens (tertiary/aromatic N) is 1. The van der Waals surface area contributed by atoms with E-state index in [1.807, 2.05) is 0 Å². The topological polar surface area (TPSA) is 195 Å². The van der Waals surface area contributed by atoms with Gasteiger partial charge in [-0.15, -0.1) is 0 Å². The van der Waals surface area contributed by atoms with E-state index in [0.717, 1.165) is 6.08 Å². The van der Waals surface area contributed by atoms with Crippen LogP contribution in [0.2, 0.25) is 0 Å². The molecule has 1 aliphatic heterocycles. The molecule has 1 fully saturated rings. The first-order valence-electron chi connectivity index (χ1n) is 18.8. The Hall–Kier alpha value is -6.05. The van der Waals surface area contributed by atoms with Crippen molar-refractivity contribution in [2.75, 3.05) is 20.3 Å². The number of ether oxygens (including phenoxy) is 2. The Balaban J connectivity index is 0.000000316. The van der Waals surface area contributed by atoms with Gasteiger partial charge in [0.1, 0.15) is 5.54 Å². The summed E-state index contributed by atoms with van der Waals surface area (Å²) in [6.07, 6.45) is -21.6. The standard InChI is InChI=1S/C20H16F6N2O3.C20H20F6N2O2.CClNO3S/c1-11(12-7-14(19(21,22)23)9-15(8-12)20(24,25)26)31-10-18(13-5-3-2-4-6-13)16(29)27-17(30)28-18;1-12(13-8-15(19(21,22)23)10-16(9-13)20(24,25)26)30-11-18(27,17(29)28-2)14-6-4-3-5-7-14;2-7(5,6)3-1-4/h2-9,11H,10H2,1H3,(H2,27,28,29,30);3-10,12H,11,27H2,1-2H3,(H,28,29);/t11-,18-;12-,18-;/m11./s1. The van der Waals surface area contributed by atoms with Crippen molar-refractivity contribution < 1.29 is 89.8 Å². The minimum atomic E-state index is -5.00. The van der Waals surface area contributed by atoms with Gasteiger partial charge in [0.15, 0.2) is 5.54 Å². The lowest BCUT2D eigenvalue weighted by molar-refractivity contribution is -0.145. The van der Waals surface area contributed by atoms with Gasteiger partial charge in [-0.1, -0.05) is 65.1 Å². The molecule has 1 saturated heterocycles. The van der Waals surface area contributed by atoms with Gasteiger partial charge in [-0.3, -0.25) is 14.9 Å². The third kappa shape index (κ3) is 15.2. The Kier molecular flexibility index (Phi) is 18.1. The number of alkyl halides is 12. The molecule has 0 spiro atoms. The van der Waals surface area contributed by atoms with Gasteiger partial charge in [0.25, 0.3) is 12.0 Å². The number of likely N-dealkylation sites (N-methyl/N-ethyl adjacent to an activating group) is 1. The first-order valence-corrected chi connectivity index (χ1v) is 21.1. The summed E-state index contributed by atoms with van der Waals surface area (Å²) in [5, 5.41) is 6.87. The van der Waals surface area contributed by atoms with Crippen LogP contribution < -0.4 is 21.7 Å². The van der Waals surface area contributed by atoms with E-state index in [-0.39, 0.29) is 23.3 Å². The van der Waals surface area contributed by atoms with Gasteiger partial charge in [0, 0.05) is 17.7 Å². The van der Waals surface area contributed by atoms with E-state index in [4.69, 9.17) is 20.0 Å². The lowest BCUT2D eigenvalue weighted by atomic mass is 9.90. The number of carbonyl (C=O) groups excluding carboxylic acids is 4. The molecule has 4 aromatic rings. The average molecular weight is 1020 g/mol. The van der Waals surface area contributed by atoms with Crippen molar-refractivity contribution in [3.05, 3.63) is 142 Å². The number of benzene rings is 4. The molecular weight excluding hydrogens is 986 g/mol. The second-order valence-electron chi connectivity index (χ2n) is 14.3. The molecule has 4 aromatic carbocycles. The van der Waals surface area contributed by atoms with E-state index >= 15 is 0 Å². The first kappa shape index (κ1) is 56.3. The molecule has 13 nitrogen and oxygen atoms in total. The number of isocyanates is 1. The number of hydrogen-bond acceptors (Lipinski definition) is 9. The Morgan fingerprint density at radius 2 is 1.12 bits per heavy atom. The summed E-state index contributed by atoms with van der Waals surface area (Å²) in [7, 11) is 1.72. The highest BCUT2D eigenvalue weighted by Crippen LogP contribution is 2.40. The molecule has 0 saturated carbocycles. The van der Waals surface area contributed by atoms with Crippen LogP contribution >= 0.6 is 10.7 Å². The number of rotatable bonds is 12. The molecule has 1 heterocycles. The lowest BCUT2D eigenvalue weighted by Gasteiger charge is -2.29. The van der Waals surface area contributed by atoms with Crippen molar-refractivity contribution in [1.29, 1.82) is 0 Å². The Bertz CT molecular complexity index is 2520. The van der Waals surface area contributed by atoms with Gasteiger partial charge in [-0.2, -0.15) is 61.1 Å². The zero-order valence-electron chi connectivity index (χ0n) is 34.9. The maximum Gasteiger partial charge on any atom is 0.416 e. The number of imide groups is 1. The highest BCUT2D eigenvalue weighted by atomic mass is 35.7. The van der Waals surface area contributed by atoms with E-state index in [1.165, 1.54) is 33.0 Å². The second-order valence-corrected chi connectivity index (χ2v) is 16.5. The summed E-state index contributed by atoms with van der Waals surface area (Å²) in [5.74, 6) is -1.38. The van der Waals surface area contributed by atoms with Crippen molar-refractivity contribution in [2.45, 2.75) is 61.8 Å². The molecule has 1 aliphatic rings. The van der Waals surface area contributed by atoms with E-state index in [2.05, 4.69) is 31.0 Å². The predicted molar refractivity (Wildman–Crippen MR) is 216 cm³/mol. The van der Waals surface area contributed by atoms with Gasteiger partial charge >= 0.3 is 40.0 Å². The van der Waals surface area contributed by atoms with Crippen molar-refractivity contribution >= 4 is 43.8 Å². The second kappa shape index (κ2) is 21.9. The van der Waals surface area contributed by atoms with E-state index in [0.29, 0.717) is 35.4 Å². The van der Waals surface area contributed by atoms with Gasteiger partial charge in [-0.05, 0) is 72.5 Å². The zero-order chi connectivity index (χ0) is 51.7. The molecule has 0 radical (unpaired) electrons. The van der Waals surface area contributed by atoms with Crippen LogP contribution in [0.3, 0.4) is 0 Å². The van der Waals surface area contributed by atoms with Crippen LogP contribution in [0.1, 0.15) is 70.6 Å². The van der Waals surface area contributed by atoms with Crippen LogP contribution in [-0.2, 0) is 68.9 Å². The number of halogens is 13. The molecule has 0 aromatic heterocycles. The molecule has 68 heavy (non-hydrogen) atoms. The number of carbonyl (C=O) groups is 3. The smallest absolute Gasteiger partial charge is 0.371 e. The minimum Gasteiger partial charge on any atom is -0.371 e. The molecule has 4 atom stereocenters. The molecule has 5 N–H and O–H groups in total. The van der Waals surface area contributed by atoms with Crippen molar-refractivity contribution in [3.8, 4) is 0 Å².